The molecule has 0 saturated carbocycles. The van der Waals surface area contributed by atoms with Crippen LogP contribution in [0.2, 0.25) is 10.0 Å². The molecule has 0 unspecified atom stereocenters. The van der Waals surface area contributed by atoms with Gasteiger partial charge < -0.3 is 14.8 Å². The second kappa shape index (κ2) is 9.62. The summed E-state index contributed by atoms with van der Waals surface area (Å²) in [4.78, 5) is 24.2. The molecule has 5 nitrogen and oxygen atoms in total. The third-order valence-corrected chi connectivity index (χ3v) is 4.26. The van der Waals surface area contributed by atoms with Gasteiger partial charge in [0.1, 0.15) is 5.75 Å². The maximum Gasteiger partial charge on any atom is 0.347 e. The van der Waals surface area contributed by atoms with Gasteiger partial charge in [-0.05, 0) is 42.7 Å². The number of ether oxygens (including phenoxy) is 2. The molecular weight excluding hydrogens is 389 g/mol. The predicted octanol–water partition coefficient (Wildman–Crippen LogP) is 5.07. The number of hydrogen-bond acceptors (Lipinski definition) is 4. The first-order valence-corrected chi connectivity index (χ1v) is 9.20. The van der Waals surface area contributed by atoms with Crippen molar-refractivity contribution in [3.8, 4) is 5.75 Å². The molecule has 0 spiro atoms. The molecule has 27 heavy (non-hydrogen) atoms. The van der Waals surface area contributed by atoms with Crippen LogP contribution in [-0.4, -0.2) is 24.6 Å². The molecule has 144 valence electrons. The van der Waals surface area contributed by atoms with Crippen LogP contribution >= 0.6 is 23.2 Å². The van der Waals surface area contributed by atoms with Crippen molar-refractivity contribution in [2.75, 3.05) is 11.9 Å². The Balaban J connectivity index is 1.88. The lowest BCUT2D eigenvalue weighted by Gasteiger charge is -2.16. The average Bonchev–Trinajstić information content (AvgIpc) is 2.62. The van der Waals surface area contributed by atoms with Crippen LogP contribution in [0.3, 0.4) is 0 Å². The quantitative estimate of drug-likeness (QED) is 0.648. The monoisotopic (exact) mass is 409 g/mol. The molecule has 7 heteroatoms. The van der Waals surface area contributed by atoms with Crippen molar-refractivity contribution in [1.29, 1.82) is 0 Å². The Bertz CT molecular complexity index is 823. The Labute approximate surface area is 168 Å². The molecule has 0 aliphatic carbocycles. The van der Waals surface area contributed by atoms with Gasteiger partial charge in [-0.25, -0.2) is 4.79 Å². The lowest BCUT2D eigenvalue weighted by atomic mass is 10.0. The lowest BCUT2D eigenvalue weighted by molar-refractivity contribution is -0.153. The van der Waals surface area contributed by atoms with E-state index in [-0.39, 0.29) is 10.9 Å². The minimum atomic E-state index is -0.931. The summed E-state index contributed by atoms with van der Waals surface area (Å²) in [7, 11) is 0. The highest BCUT2D eigenvalue weighted by Crippen LogP contribution is 2.28. The van der Waals surface area contributed by atoms with Crippen molar-refractivity contribution < 1.29 is 19.1 Å². The number of carbonyl (C=O) groups excluding carboxylic acids is 2. The zero-order valence-electron chi connectivity index (χ0n) is 15.3. The molecule has 0 saturated heterocycles. The summed E-state index contributed by atoms with van der Waals surface area (Å²) in [5, 5.41) is 3.50. The molecule has 0 heterocycles. The zero-order chi connectivity index (χ0) is 20.0. The number of anilines is 1. The van der Waals surface area contributed by atoms with Crippen LogP contribution in [0.4, 0.5) is 5.69 Å². The van der Waals surface area contributed by atoms with Crippen molar-refractivity contribution in [2.45, 2.75) is 32.8 Å². The Morgan fingerprint density at radius 1 is 1.07 bits per heavy atom. The first-order valence-electron chi connectivity index (χ1n) is 8.45. The Hall–Kier alpha value is -2.24. The predicted molar refractivity (Wildman–Crippen MR) is 107 cm³/mol. The maximum atomic E-state index is 12.1. The van der Waals surface area contributed by atoms with E-state index in [1.807, 2.05) is 38.1 Å². The number of para-hydroxylation sites is 1. The van der Waals surface area contributed by atoms with Crippen molar-refractivity contribution in [3.63, 3.8) is 0 Å². The van der Waals surface area contributed by atoms with Crippen LogP contribution in [0.25, 0.3) is 0 Å². The second-order valence-corrected chi connectivity index (χ2v) is 7.08. The fourth-order valence-electron chi connectivity index (χ4n) is 2.36. The van der Waals surface area contributed by atoms with E-state index >= 15 is 0 Å². The molecule has 1 N–H and O–H groups in total. The molecule has 2 aromatic rings. The molecule has 1 amide bonds. The summed E-state index contributed by atoms with van der Waals surface area (Å²) in [5.41, 5.74) is 1.71. The van der Waals surface area contributed by atoms with Gasteiger partial charge >= 0.3 is 5.97 Å². The van der Waals surface area contributed by atoms with E-state index in [2.05, 4.69) is 5.32 Å². The summed E-state index contributed by atoms with van der Waals surface area (Å²) in [6, 6.07) is 12.2. The molecule has 0 fully saturated rings. The van der Waals surface area contributed by atoms with Crippen LogP contribution in [0.1, 0.15) is 32.3 Å². The number of rotatable bonds is 7. The highest BCUT2D eigenvalue weighted by atomic mass is 35.5. The Morgan fingerprint density at radius 3 is 2.44 bits per heavy atom. The van der Waals surface area contributed by atoms with Crippen LogP contribution in [0.5, 0.6) is 5.75 Å². The summed E-state index contributed by atoms with van der Waals surface area (Å²) in [6.45, 7) is 5.17. The third kappa shape index (κ3) is 6.15. The van der Waals surface area contributed by atoms with Crippen molar-refractivity contribution in [1.82, 2.24) is 0 Å². The molecule has 0 bridgehead atoms. The maximum absolute atomic E-state index is 12.1. The number of benzene rings is 2. The number of nitrogens with one attached hydrogen (secondary N) is 1. The molecule has 2 aromatic carbocycles. The van der Waals surface area contributed by atoms with Crippen LogP contribution in [-0.2, 0) is 14.3 Å². The molecule has 0 aliphatic rings. The smallest absolute Gasteiger partial charge is 0.347 e. The summed E-state index contributed by atoms with van der Waals surface area (Å²) in [5.74, 6) is -0.538. The molecule has 1 atom stereocenters. The van der Waals surface area contributed by atoms with Gasteiger partial charge in [-0.2, -0.15) is 0 Å². The number of halogens is 2. The second-order valence-electron chi connectivity index (χ2n) is 6.23. The first kappa shape index (κ1) is 21.1. The number of carbonyl (C=O) groups is 2. The normalized spacial score (nSPS) is 11.8. The topological polar surface area (TPSA) is 64.6 Å². The van der Waals surface area contributed by atoms with Gasteiger partial charge in [-0.15, -0.1) is 0 Å². The van der Waals surface area contributed by atoms with E-state index in [4.69, 9.17) is 32.7 Å². The van der Waals surface area contributed by atoms with E-state index in [1.54, 1.807) is 12.1 Å². The van der Waals surface area contributed by atoms with Crippen LogP contribution in [0, 0.1) is 0 Å². The number of amides is 1. The fourth-order valence-corrected chi connectivity index (χ4v) is 2.82. The Kier molecular flexibility index (Phi) is 7.51. The van der Waals surface area contributed by atoms with E-state index in [9.17, 15) is 9.59 Å². The first-order chi connectivity index (χ1) is 12.8. The highest BCUT2D eigenvalue weighted by molar-refractivity contribution is 6.35. The van der Waals surface area contributed by atoms with E-state index in [1.165, 1.54) is 13.0 Å². The molecule has 0 aliphatic heterocycles. The minimum absolute atomic E-state index is 0.251. The summed E-state index contributed by atoms with van der Waals surface area (Å²) < 4.78 is 10.5. The fraction of sp³-hybridized carbons (Fsp3) is 0.300. The van der Waals surface area contributed by atoms with Crippen molar-refractivity contribution in [2.24, 2.45) is 0 Å². The van der Waals surface area contributed by atoms with Gasteiger partial charge in [0.2, 0.25) is 0 Å². The van der Waals surface area contributed by atoms with Gasteiger partial charge in [-0.3, -0.25) is 4.79 Å². The van der Waals surface area contributed by atoms with Gasteiger partial charge in [0.15, 0.2) is 12.7 Å². The zero-order valence-corrected chi connectivity index (χ0v) is 16.8. The lowest BCUT2D eigenvalue weighted by Crippen LogP contribution is -2.30. The average molecular weight is 410 g/mol. The van der Waals surface area contributed by atoms with Gasteiger partial charge in [0, 0.05) is 10.7 Å². The van der Waals surface area contributed by atoms with Gasteiger partial charge in [0.05, 0.1) is 5.02 Å². The van der Waals surface area contributed by atoms with Crippen molar-refractivity contribution >= 4 is 40.8 Å². The SMILES string of the molecule is CC(C)c1ccccc1NC(=O)COC(=O)[C@H](C)Oc1ccc(Cl)cc1Cl. The van der Waals surface area contributed by atoms with Gasteiger partial charge in [-0.1, -0.05) is 55.2 Å². The van der Waals surface area contributed by atoms with Crippen molar-refractivity contribution in [3.05, 3.63) is 58.1 Å². The summed E-state index contributed by atoms with van der Waals surface area (Å²) in [6.07, 6.45) is -0.931. The van der Waals surface area contributed by atoms with Crippen LogP contribution in [0.15, 0.2) is 42.5 Å². The largest absolute Gasteiger partial charge is 0.477 e. The minimum Gasteiger partial charge on any atom is -0.477 e. The number of hydrogen-bond donors (Lipinski definition) is 1. The summed E-state index contributed by atoms with van der Waals surface area (Å²) >= 11 is 11.8. The van der Waals surface area contributed by atoms with E-state index in [0.29, 0.717) is 16.5 Å². The molecule has 2 rings (SSSR count). The molecular formula is C20H21Cl2NO4. The number of esters is 1. The van der Waals surface area contributed by atoms with Crippen LogP contribution < -0.4 is 10.1 Å². The molecule has 0 radical (unpaired) electrons. The standard InChI is InChI=1S/C20H21Cl2NO4/c1-12(2)15-6-4-5-7-17(15)23-19(24)11-26-20(25)13(3)27-18-9-8-14(21)10-16(18)22/h4-10,12-13H,11H2,1-3H3,(H,23,24)/t13-/m0/s1. The molecule has 0 aromatic heterocycles. The van der Waals surface area contributed by atoms with Gasteiger partial charge in [0.25, 0.3) is 5.91 Å². The van der Waals surface area contributed by atoms with E-state index < -0.39 is 24.6 Å². The highest BCUT2D eigenvalue weighted by Gasteiger charge is 2.19. The van der Waals surface area contributed by atoms with E-state index in [0.717, 1.165) is 5.56 Å². The third-order valence-electron chi connectivity index (χ3n) is 3.73. The Morgan fingerprint density at radius 2 is 1.78 bits per heavy atom.